The van der Waals surface area contributed by atoms with Crippen molar-refractivity contribution in [2.45, 2.75) is 19.9 Å². The maximum Gasteiger partial charge on any atom is 0.222 e. The summed E-state index contributed by atoms with van der Waals surface area (Å²) in [5, 5.41) is 2.84. The molecule has 0 aliphatic carbocycles. The van der Waals surface area contributed by atoms with Crippen molar-refractivity contribution in [1.29, 1.82) is 0 Å². The van der Waals surface area contributed by atoms with Gasteiger partial charge < -0.3 is 10.1 Å². The summed E-state index contributed by atoms with van der Waals surface area (Å²) < 4.78 is 4.82. The van der Waals surface area contributed by atoms with E-state index in [2.05, 4.69) is 11.4 Å². The monoisotopic (exact) mass is 207 g/mol. The van der Waals surface area contributed by atoms with Gasteiger partial charge in [0.2, 0.25) is 5.91 Å². The van der Waals surface area contributed by atoms with Crippen molar-refractivity contribution in [3.63, 3.8) is 0 Å². The lowest BCUT2D eigenvalue weighted by molar-refractivity contribution is -0.122. The number of carbonyl (C=O) groups is 1. The molecule has 0 bridgehead atoms. The van der Waals surface area contributed by atoms with Crippen LogP contribution in [0.15, 0.2) is 24.3 Å². The predicted molar refractivity (Wildman–Crippen MR) is 59.5 cm³/mol. The Kier molecular flexibility index (Phi) is 4.84. The Hall–Kier alpha value is -1.35. The highest BCUT2D eigenvalue weighted by molar-refractivity contribution is 5.75. The first-order chi connectivity index (χ1) is 7.22. The summed E-state index contributed by atoms with van der Waals surface area (Å²) in [6.45, 7) is 3.10. The van der Waals surface area contributed by atoms with Gasteiger partial charge in [0, 0.05) is 20.1 Å². The van der Waals surface area contributed by atoms with E-state index in [0.717, 1.165) is 5.56 Å². The molecular weight excluding hydrogens is 190 g/mol. The molecule has 0 radical (unpaired) electrons. The Balaban J connectivity index is 2.33. The summed E-state index contributed by atoms with van der Waals surface area (Å²) in [7, 11) is 1.59. The van der Waals surface area contributed by atoms with E-state index in [4.69, 9.17) is 4.74 Å². The molecule has 0 saturated heterocycles. The van der Waals surface area contributed by atoms with E-state index in [1.54, 1.807) is 7.11 Å². The number of carbonyl (C=O) groups excluding carboxylic acids is 1. The molecule has 0 aliphatic rings. The normalized spacial score (nSPS) is 10.0. The molecule has 0 saturated carbocycles. The van der Waals surface area contributed by atoms with Gasteiger partial charge >= 0.3 is 0 Å². The summed E-state index contributed by atoms with van der Waals surface area (Å²) in [5.74, 6) is 0.0263. The number of aryl methyl sites for hydroxylation is 1. The molecule has 0 fully saturated rings. The standard InChI is InChI=1S/C12H17NO2/c1-10-4-3-5-11(8-10)9-13-12(14)6-7-15-2/h3-5,8H,6-7,9H2,1-2H3,(H,13,14). The zero-order valence-corrected chi connectivity index (χ0v) is 9.25. The van der Waals surface area contributed by atoms with Gasteiger partial charge in [-0.1, -0.05) is 29.8 Å². The van der Waals surface area contributed by atoms with E-state index in [9.17, 15) is 4.79 Å². The smallest absolute Gasteiger partial charge is 0.222 e. The second-order valence-electron chi connectivity index (χ2n) is 3.51. The Bertz CT molecular complexity index is 323. The lowest BCUT2D eigenvalue weighted by atomic mass is 10.1. The molecular formula is C12H17NO2. The third-order valence-corrected chi connectivity index (χ3v) is 2.11. The predicted octanol–water partition coefficient (Wildman–Crippen LogP) is 1.65. The summed E-state index contributed by atoms with van der Waals surface area (Å²) >= 11 is 0. The van der Waals surface area contributed by atoms with Crippen LogP contribution in [0.3, 0.4) is 0 Å². The van der Waals surface area contributed by atoms with Crippen molar-refractivity contribution in [2.75, 3.05) is 13.7 Å². The Morgan fingerprint density at radius 3 is 2.93 bits per heavy atom. The minimum absolute atomic E-state index is 0.0263. The summed E-state index contributed by atoms with van der Waals surface area (Å²) in [4.78, 5) is 11.3. The minimum Gasteiger partial charge on any atom is -0.384 e. The molecule has 1 amide bonds. The zero-order valence-electron chi connectivity index (χ0n) is 9.25. The second kappa shape index (κ2) is 6.19. The number of benzene rings is 1. The molecule has 1 N–H and O–H groups in total. The number of hydrogen-bond donors (Lipinski definition) is 1. The van der Waals surface area contributed by atoms with Gasteiger partial charge in [-0.15, -0.1) is 0 Å². The highest BCUT2D eigenvalue weighted by atomic mass is 16.5. The van der Waals surface area contributed by atoms with Crippen LogP contribution in [0.2, 0.25) is 0 Å². The molecule has 15 heavy (non-hydrogen) atoms. The fourth-order valence-corrected chi connectivity index (χ4v) is 1.31. The van der Waals surface area contributed by atoms with Crippen LogP contribution in [0.1, 0.15) is 17.5 Å². The topological polar surface area (TPSA) is 38.3 Å². The van der Waals surface area contributed by atoms with E-state index in [0.29, 0.717) is 19.6 Å². The molecule has 3 nitrogen and oxygen atoms in total. The minimum atomic E-state index is 0.0263. The Morgan fingerprint density at radius 2 is 2.27 bits per heavy atom. The molecule has 82 valence electrons. The van der Waals surface area contributed by atoms with Gasteiger partial charge in [-0.25, -0.2) is 0 Å². The third-order valence-electron chi connectivity index (χ3n) is 2.11. The molecule has 0 heterocycles. The SMILES string of the molecule is COCCC(=O)NCc1cccc(C)c1. The summed E-state index contributed by atoms with van der Waals surface area (Å²) in [5.41, 5.74) is 2.33. The lowest BCUT2D eigenvalue weighted by Crippen LogP contribution is -2.23. The fraction of sp³-hybridized carbons (Fsp3) is 0.417. The van der Waals surface area contributed by atoms with Crippen molar-refractivity contribution < 1.29 is 9.53 Å². The summed E-state index contributed by atoms with van der Waals surface area (Å²) in [6, 6.07) is 8.10. The average molecular weight is 207 g/mol. The number of nitrogens with one attached hydrogen (secondary N) is 1. The quantitative estimate of drug-likeness (QED) is 0.797. The van der Waals surface area contributed by atoms with E-state index in [1.165, 1.54) is 5.56 Å². The first-order valence-corrected chi connectivity index (χ1v) is 5.03. The molecule has 0 aliphatic heterocycles. The van der Waals surface area contributed by atoms with Crippen molar-refractivity contribution in [3.05, 3.63) is 35.4 Å². The van der Waals surface area contributed by atoms with Crippen LogP contribution in [0.4, 0.5) is 0 Å². The van der Waals surface area contributed by atoms with Gasteiger partial charge in [-0.3, -0.25) is 4.79 Å². The van der Waals surface area contributed by atoms with Crippen LogP contribution in [-0.4, -0.2) is 19.6 Å². The first kappa shape index (κ1) is 11.7. The van der Waals surface area contributed by atoms with Crippen LogP contribution in [0.25, 0.3) is 0 Å². The van der Waals surface area contributed by atoms with Crippen LogP contribution < -0.4 is 5.32 Å². The number of ether oxygens (including phenoxy) is 1. The molecule has 3 heteroatoms. The van der Waals surface area contributed by atoms with Crippen LogP contribution in [0, 0.1) is 6.92 Å². The molecule has 1 aromatic rings. The maximum absolute atomic E-state index is 11.3. The second-order valence-corrected chi connectivity index (χ2v) is 3.51. The first-order valence-electron chi connectivity index (χ1n) is 5.03. The molecule has 0 spiro atoms. The zero-order chi connectivity index (χ0) is 11.1. The van der Waals surface area contributed by atoms with Gasteiger partial charge in [0.05, 0.1) is 6.61 Å². The van der Waals surface area contributed by atoms with Crippen molar-refractivity contribution in [2.24, 2.45) is 0 Å². The highest BCUT2D eigenvalue weighted by Gasteiger charge is 2.00. The van der Waals surface area contributed by atoms with Gasteiger partial charge in [-0.2, -0.15) is 0 Å². The molecule has 0 atom stereocenters. The van der Waals surface area contributed by atoms with Crippen molar-refractivity contribution in [3.8, 4) is 0 Å². The number of methoxy groups -OCH3 is 1. The highest BCUT2D eigenvalue weighted by Crippen LogP contribution is 2.03. The Labute approximate surface area is 90.4 Å². The van der Waals surface area contributed by atoms with E-state index in [-0.39, 0.29) is 5.91 Å². The van der Waals surface area contributed by atoms with Crippen molar-refractivity contribution >= 4 is 5.91 Å². The number of hydrogen-bond acceptors (Lipinski definition) is 2. The van der Waals surface area contributed by atoms with Gasteiger partial charge in [0.1, 0.15) is 0 Å². The van der Waals surface area contributed by atoms with Gasteiger partial charge in [0.25, 0.3) is 0 Å². The third kappa shape index (κ3) is 4.61. The fourth-order valence-electron chi connectivity index (χ4n) is 1.31. The number of amides is 1. The molecule has 0 unspecified atom stereocenters. The number of rotatable bonds is 5. The van der Waals surface area contributed by atoms with E-state index in [1.807, 2.05) is 25.1 Å². The van der Waals surface area contributed by atoms with E-state index >= 15 is 0 Å². The summed E-state index contributed by atoms with van der Waals surface area (Å²) in [6.07, 6.45) is 0.419. The van der Waals surface area contributed by atoms with Gasteiger partial charge in [0.15, 0.2) is 0 Å². The lowest BCUT2D eigenvalue weighted by Gasteiger charge is -2.05. The van der Waals surface area contributed by atoms with Crippen LogP contribution in [0.5, 0.6) is 0 Å². The molecule has 1 aromatic carbocycles. The average Bonchev–Trinajstić information content (AvgIpc) is 2.23. The van der Waals surface area contributed by atoms with Crippen LogP contribution in [-0.2, 0) is 16.1 Å². The van der Waals surface area contributed by atoms with Crippen molar-refractivity contribution in [1.82, 2.24) is 5.32 Å². The van der Waals surface area contributed by atoms with E-state index < -0.39 is 0 Å². The van der Waals surface area contributed by atoms with Gasteiger partial charge in [-0.05, 0) is 12.5 Å². The Morgan fingerprint density at radius 1 is 1.47 bits per heavy atom. The maximum atomic E-state index is 11.3. The molecule has 1 rings (SSSR count). The largest absolute Gasteiger partial charge is 0.384 e. The molecule has 0 aromatic heterocycles. The van der Waals surface area contributed by atoms with Crippen LogP contribution >= 0.6 is 0 Å².